The van der Waals surface area contributed by atoms with Crippen LogP contribution in [0.3, 0.4) is 0 Å². The summed E-state index contributed by atoms with van der Waals surface area (Å²) < 4.78 is 10.9. The second-order valence-corrected chi connectivity index (χ2v) is 10.7. The quantitative estimate of drug-likeness (QED) is 0.0892. The van der Waals surface area contributed by atoms with E-state index >= 15 is 0 Å². The first-order chi connectivity index (χ1) is 20.0. The third-order valence-electron chi connectivity index (χ3n) is 6.73. The lowest BCUT2D eigenvalue weighted by molar-refractivity contribution is 0.263. The number of epoxide rings is 1. The Balaban J connectivity index is 1.66. The van der Waals surface area contributed by atoms with Crippen LogP contribution in [0.15, 0.2) is 58.3 Å². The minimum Gasteiger partial charge on any atom is -0.491 e. The van der Waals surface area contributed by atoms with Gasteiger partial charge in [0, 0.05) is 29.2 Å². The van der Waals surface area contributed by atoms with Gasteiger partial charge in [-0.3, -0.25) is 0 Å². The molecular formula is C32H32N6O2S. The summed E-state index contributed by atoms with van der Waals surface area (Å²) in [7, 11) is 0. The Morgan fingerprint density at radius 3 is 2.46 bits per heavy atom. The Bertz CT molecular complexity index is 1530. The summed E-state index contributed by atoms with van der Waals surface area (Å²) in [6.45, 7) is 9.51. The number of ether oxygens (including phenoxy) is 2. The molecule has 0 saturated carbocycles. The molecule has 9 heteroatoms. The second-order valence-electron chi connectivity index (χ2n) is 9.66. The highest BCUT2D eigenvalue weighted by Gasteiger charge is 2.23. The minimum absolute atomic E-state index is 0.0595. The van der Waals surface area contributed by atoms with Crippen LogP contribution in [0.1, 0.15) is 49.1 Å². The molecule has 0 radical (unpaired) electrons. The highest BCUT2D eigenvalue weighted by atomic mass is 32.1. The first-order valence-electron chi connectivity index (χ1n) is 13.7. The number of nitrogens with zero attached hydrogens (tertiary/aromatic N) is 6. The third-order valence-corrected chi connectivity index (χ3v) is 7.75. The zero-order chi connectivity index (χ0) is 29.2. The molecule has 0 aliphatic carbocycles. The lowest BCUT2D eigenvalue weighted by Gasteiger charge is -2.23. The predicted octanol–water partition coefficient (Wildman–Crippen LogP) is 8.24. The maximum Gasteiger partial charge on any atom is 0.157 e. The number of thiophene rings is 1. The van der Waals surface area contributed by atoms with Gasteiger partial charge in [0.05, 0.1) is 17.9 Å². The summed E-state index contributed by atoms with van der Waals surface area (Å²) >= 11 is 1.22. The fourth-order valence-electron chi connectivity index (χ4n) is 4.36. The molecule has 0 spiro atoms. The maximum atomic E-state index is 10.2. The summed E-state index contributed by atoms with van der Waals surface area (Å²) in [5.74, 6) is 0.690. The average molecular weight is 565 g/mol. The van der Waals surface area contributed by atoms with Gasteiger partial charge in [0.15, 0.2) is 5.00 Å². The first-order valence-corrected chi connectivity index (χ1v) is 14.5. The van der Waals surface area contributed by atoms with Crippen LogP contribution >= 0.6 is 11.3 Å². The topological polar surface area (TPSA) is 121 Å². The smallest absolute Gasteiger partial charge is 0.157 e. The Morgan fingerprint density at radius 2 is 1.85 bits per heavy atom. The molecule has 3 aromatic rings. The molecule has 1 atom stereocenters. The van der Waals surface area contributed by atoms with Gasteiger partial charge in [0.2, 0.25) is 0 Å². The van der Waals surface area contributed by atoms with E-state index in [2.05, 4.69) is 47.2 Å². The number of allylic oxidation sites excluding steroid dienone is 1. The van der Waals surface area contributed by atoms with Crippen molar-refractivity contribution in [1.82, 2.24) is 0 Å². The SMILES string of the molecule is CCCCCN(CC)c1ccc(N=Nc2sc(C=C(C#N)C#N)c(-c3ccc(OCC4CO4)cc3)c2C#N)c(C)c1. The largest absolute Gasteiger partial charge is 0.491 e. The fraction of sp³-hybridized carbons (Fsp3) is 0.344. The lowest BCUT2D eigenvalue weighted by atomic mass is 10.0. The molecule has 0 N–H and O–H groups in total. The lowest BCUT2D eigenvalue weighted by Crippen LogP contribution is -2.23. The maximum absolute atomic E-state index is 10.2. The van der Waals surface area contributed by atoms with E-state index in [1.165, 1.54) is 30.3 Å². The van der Waals surface area contributed by atoms with E-state index in [-0.39, 0.29) is 11.7 Å². The highest BCUT2D eigenvalue weighted by molar-refractivity contribution is 7.17. The number of rotatable bonds is 13. The summed E-state index contributed by atoms with van der Waals surface area (Å²) in [6, 6.07) is 19.6. The van der Waals surface area contributed by atoms with Crippen molar-refractivity contribution in [1.29, 1.82) is 15.8 Å². The van der Waals surface area contributed by atoms with Gasteiger partial charge in [-0.25, -0.2) is 0 Å². The molecule has 0 amide bonds. The van der Waals surface area contributed by atoms with Gasteiger partial charge >= 0.3 is 0 Å². The molecule has 1 saturated heterocycles. The summed E-state index contributed by atoms with van der Waals surface area (Å²) in [4.78, 5) is 2.95. The van der Waals surface area contributed by atoms with Crippen LogP contribution in [0.2, 0.25) is 0 Å². The first kappa shape index (κ1) is 29.5. The fourth-order valence-corrected chi connectivity index (χ4v) is 5.40. The molecule has 0 bridgehead atoms. The van der Waals surface area contributed by atoms with E-state index in [0.717, 1.165) is 36.3 Å². The molecule has 2 aromatic carbocycles. The number of unbranched alkanes of at least 4 members (excludes halogenated alkanes) is 2. The number of azo groups is 1. The van der Waals surface area contributed by atoms with Crippen molar-refractivity contribution in [2.75, 3.05) is 31.2 Å². The second kappa shape index (κ2) is 14.2. The molecule has 41 heavy (non-hydrogen) atoms. The van der Waals surface area contributed by atoms with E-state index in [4.69, 9.17) is 9.47 Å². The van der Waals surface area contributed by atoms with Crippen LogP contribution in [-0.4, -0.2) is 32.4 Å². The van der Waals surface area contributed by atoms with Crippen LogP contribution < -0.4 is 9.64 Å². The summed E-state index contributed by atoms with van der Waals surface area (Å²) in [5.41, 5.74) is 4.48. The van der Waals surface area contributed by atoms with E-state index < -0.39 is 0 Å². The third kappa shape index (κ3) is 7.58. The Morgan fingerprint density at radius 1 is 1.10 bits per heavy atom. The van der Waals surface area contributed by atoms with Gasteiger partial charge in [-0.1, -0.05) is 31.9 Å². The number of aryl methyl sites for hydroxylation is 1. The molecule has 208 valence electrons. The summed E-state index contributed by atoms with van der Waals surface area (Å²) in [5, 5.41) is 38.3. The van der Waals surface area contributed by atoms with Gasteiger partial charge in [0.1, 0.15) is 42.2 Å². The number of nitriles is 3. The number of anilines is 1. The van der Waals surface area contributed by atoms with Crippen molar-refractivity contribution in [3.05, 3.63) is 64.0 Å². The van der Waals surface area contributed by atoms with E-state index in [0.29, 0.717) is 45.7 Å². The molecule has 1 aromatic heterocycles. The number of hydrogen-bond donors (Lipinski definition) is 0. The molecule has 8 nitrogen and oxygen atoms in total. The van der Waals surface area contributed by atoms with E-state index in [1.807, 2.05) is 49.4 Å². The normalized spacial score (nSPS) is 13.7. The summed E-state index contributed by atoms with van der Waals surface area (Å²) in [6.07, 6.45) is 5.19. The molecule has 1 aliphatic heterocycles. The predicted molar refractivity (Wildman–Crippen MR) is 162 cm³/mol. The van der Waals surface area contributed by atoms with Crippen molar-refractivity contribution >= 4 is 33.8 Å². The van der Waals surface area contributed by atoms with Crippen molar-refractivity contribution < 1.29 is 9.47 Å². The van der Waals surface area contributed by atoms with Gasteiger partial charge in [-0.15, -0.1) is 21.6 Å². The van der Waals surface area contributed by atoms with Crippen LogP contribution in [-0.2, 0) is 4.74 Å². The molecule has 1 aliphatic rings. The Labute approximate surface area is 245 Å². The zero-order valence-electron chi connectivity index (χ0n) is 23.6. The number of benzene rings is 2. The van der Waals surface area contributed by atoms with E-state index in [1.54, 1.807) is 0 Å². The Hall–Kier alpha value is -4.49. The number of hydrogen-bond acceptors (Lipinski definition) is 9. The molecule has 2 heterocycles. The monoisotopic (exact) mass is 564 g/mol. The standard InChI is InChI=1S/C32H32N6O2S/c1-4-6-7-14-38(5-2)25-10-13-29(22(3)15-25)36-37-32-28(19-35)31(30(41-32)16-23(17-33)18-34)24-8-11-26(12-9-24)39-20-27-21-40-27/h8-13,15-16,27H,4-7,14,20-21H2,1-3H3. The van der Waals surface area contributed by atoms with Crippen LogP contribution in [0.5, 0.6) is 5.75 Å². The van der Waals surface area contributed by atoms with Crippen molar-refractivity contribution in [2.24, 2.45) is 10.2 Å². The van der Waals surface area contributed by atoms with Crippen LogP contribution in [0, 0.1) is 40.9 Å². The van der Waals surface area contributed by atoms with Crippen molar-refractivity contribution in [3.8, 4) is 35.1 Å². The van der Waals surface area contributed by atoms with Gasteiger partial charge in [-0.05, 0) is 67.8 Å². The van der Waals surface area contributed by atoms with Crippen molar-refractivity contribution in [3.63, 3.8) is 0 Å². The average Bonchev–Trinajstić information content (AvgIpc) is 3.76. The zero-order valence-corrected chi connectivity index (χ0v) is 24.4. The molecular weight excluding hydrogens is 532 g/mol. The highest BCUT2D eigenvalue weighted by Crippen LogP contribution is 2.44. The molecule has 1 unspecified atom stereocenters. The van der Waals surface area contributed by atoms with Gasteiger partial charge < -0.3 is 14.4 Å². The molecule has 4 rings (SSSR count). The minimum atomic E-state index is -0.0595. The van der Waals surface area contributed by atoms with E-state index in [9.17, 15) is 15.8 Å². The van der Waals surface area contributed by atoms with Gasteiger partial charge in [-0.2, -0.15) is 15.8 Å². The van der Waals surface area contributed by atoms with Crippen LogP contribution in [0.4, 0.5) is 16.4 Å². The molecule has 1 fully saturated rings. The van der Waals surface area contributed by atoms with Crippen molar-refractivity contribution in [2.45, 2.75) is 46.1 Å². The van der Waals surface area contributed by atoms with Gasteiger partial charge in [0.25, 0.3) is 0 Å². The Kier molecular flexibility index (Phi) is 10.2. The van der Waals surface area contributed by atoms with Crippen LogP contribution in [0.25, 0.3) is 17.2 Å².